The van der Waals surface area contributed by atoms with E-state index < -0.39 is 5.97 Å². The normalized spacial score (nSPS) is 10.3. The number of benzene rings is 1. The van der Waals surface area contributed by atoms with Gasteiger partial charge in [-0.1, -0.05) is 6.07 Å². The Labute approximate surface area is 154 Å². The predicted octanol–water partition coefficient (Wildman–Crippen LogP) is 3.56. The van der Waals surface area contributed by atoms with E-state index in [4.69, 9.17) is 0 Å². The minimum absolute atomic E-state index is 0.134. The maximum atomic E-state index is 12.2. The van der Waals surface area contributed by atoms with Gasteiger partial charge in [-0.25, -0.2) is 9.78 Å². The van der Waals surface area contributed by atoms with E-state index in [1.54, 1.807) is 48.0 Å². The highest BCUT2D eigenvalue weighted by molar-refractivity contribution is 7.13. The molecular weight excluding hydrogens is 350 g/mol. The van der Waals surface area contributed by atoms with Crippen LogP contribution in [0, 0.1) is 0 Å². The van der Waals surface area contributed by atoms with Crippen molar-refractivity contribution in [1.29, 1.82) is 0 Å². The number of pyridine rings is 1. The molecule has 0 atom stereocenters. The van der Waals surface area contributed by atoms with Crippen LogP contribution in [-0.2, 0) is 16.0 Å². The lowest BCUT2D eigenvalue weighted by Gasteiger charge is -2.06. The molecule has 0 saturated carbocycles. The molecule has 7 heteroatoms. The number of nitrogens with zero attached hydrogens (tertiary/aromatic N) is 2. The fourth-order valence-corrected chi connectivity index (χ4v) is 3.22. The first-order chi connectivity index (χ1) is 12.7. The van der Waals surface area contributed by atoms with E-state index in [0.717, 1.165) is 16.3 Å². The first-order valence-corrected chi connectivity index (χ1v) is 8.86. The highest BCUT2D eigenvalue weighted by Gasteiger charge is 2.10. The maximum Gasteiger partial charge on any atom is 0.337 e. The summed E-state index contributed by atoms with van der Waals surface area (Å²) in [6.07, 6.45) is 4.31. The first-order valence-electron chi connectivity index (χ1n) is 7.99. The quantitative estimate of drug-likeness (QED) is 0.674. The topological polar surface area (TPSA) is 81.2 Å². The van der Waals surface area contributed by atoms with E-state index in [2.05, 4.69) is 20.0 Å². The second kappa shape index (κ2) is 8.35. The molecular formula is C19H17N3O3S. The van der Waals surface area contributed by atoms with Gasteiger partial charge < -0.3 is 10.1 Å². The van der Waals surface area contributed by atoms with Crippen LogP contribution < -0.4 is 5.32 Å². The molecule has 0 aliphatic heterocycles. The Morgan fingerprint density at radius 2 is 2.00 bits per heavy atom. The smallest absolute Gasteiger partial charge is 0.337 e. The number of rotatable bonds is 6. The average Bonchev–Trinajstić information content (AvgIpc) is 3.16. The van der Waals surface area contributed by atoms with Gasteiger partial charge in [-0.3, -0.25) is 9.78 Å². The van der Waals surface area contributed by atoms with Gasteiger partial charge in [0.05, 0.1) is 18.4 Å². The Morgan fingerprint density at radius 1 is 1.19 bits per heavy atom. The standard InChI is InChI=1S/C19H17N3O3S/c1-25-19(24)14-3-2-4-15(11-14)21-17(23)6-5-16-12-26-18(22-16)13-7-9-20-10-8-13/h2-4,7-12H,5-6H2,1H3,(H,21,23). The van der Waals surface area contributed by atoms with Gasteiger partial charge in [-0.15, -0.1) is 11.3 Å². The third-order valence-electron chi connectivity index (χ3n) is 3.65. The van der Waals surface area contributed by atoms with Gasteiger partial charge in [0.1, 0.15) is 5.01 Å². The lowest BCUT2D eigenvalue weighted by atomic mass is 10.2. The van der Waals surface area contributed by atoms with Crippen molar-refractivity contribution < 1.29 is 14.3 Å². The van der Waals surface area contributed by atoms with Crippen molar-refractivity contribution in [3.8, 4) is 10.6 Å². The number of esters is 1. The van der Waals surface area contributed by atoms with Gasteiger partial charge in [0.25, 0.3) is 0 Å². The molecule has 26 heavy (non-hydrogen) atoms. The summed E-state index contributed by atoms with van der Waals surface area (Å²) in [4.78, 5) is 32.2. The van der Waals surface area contributed by atoms with Crippen LogP contribution in [0.25, 0.3) is 10.6 Å². The Hall–Kier alpha value is -3.06. The number of anilines is 1. The fraction of sp³-hybridized carbons (Fsp3) is 0.158. The molecule has 0 saturated heterocycles. The number of carbonyl (C=O) groups is 2. The van der Waals surface area contributed by atoms with Gasteiger partial charge in [0, 0.05) is 35.4 Å². The monoisotopic (exact) mass is 367 g/mol. The van der Waals surface area contributed by atoms with Crippen molar-refractivity contribution in [3.05, 3.63) is 65.4 Å². The summed E-state index contributed by atoms with van der Waals surface area (Å²) in [5, 5.41) is 5.66. The summed E-state index contributed by atoms with van der Waals surface area (Å²) < 4.78 is 4.68. The molecule has 0 aliphatic carbocycles. The largest absolute Gasteiger partial charge is 0.465 e. The highest BCUT2D eigenvalue weighted by atomic mass is 32.1. The average molecular weight is 367 g/mol. The van der Waals surface area contributed by atoms with Crippen LogP contribution in [0.4, 0.5) is 5.69 Å². The van der Waals surface area contributed by atoms with Crippen molar-refractivity contribution in [1.82, 2.24) is 9.97 Å². The Kier molecular flexibility index (Phi) is 5.70. The van der Waals surface area contributed by atoms with E-state index in [0.29, 0.717) is 24.1 Å². The highest BCUT2D eigenvalue weighted by Crippen LogP contribution is 2.23. The van der Waals surface area contributed by atoms with E-state index in [-0.39, 0.29) is 5.91 Å². The molecule has 6 nitrogen and oxygen atoms in total. The third-order valence-corrected chi connectivity index (χ3v) is 4.59. The number of hydrogen-bond donors (Lipinski definition) is 1. The van der Waals surface area contributed by atoms with Crippen molar-refractivity contribution in [2.75, 3.05) is 12.4 Å². The van der Waals surface area contributed by atoms with Crippen molar-refractivity contribution in [2.45, 2.75) is 12.8 Å². The molecule has 0 fully saturated rings. The van der Waals surface area contributed by atoms with Gasteiger partial charge in [0.2, 0.25) is 5.91 Å². The summed E-state index contributed by atoms with van der Waals surface area (Å²) in [5.74, 6) is -0.572. The molecule has 0 spiro atoms. The molecule has 3 rings (SSSR count). The van der Waals surface area contributed by atoms with E-state index >= 15 is 0 Å². The third kappa shape index (κ3) is 4.52. The minimum atomic E-state index is -0.438. The second-order valence-corrected chi connectivity index (χ2v) is 6.36. The van der Waals surface area contributed by atoms with Crippen LogP contribution in [-0.4, -0.2) is 29.0 Å². The zero-order valence-corrected chi connectivity index (χ0v) is 15.0. The molecule has 2 heterocycles. The zero-order chi connectivity index (χ0) is 18.4. The molecule has 1 amide bonds. The van der Waals surface area contributed by atoms with Crippen LogP contribution >= 0.6 is 11.3 Å². The molecule has 0 bridgehead atoms. The zero-order valence-electron chi connectivity index (χ0n) is 14.1. The second-order valence-electron chi connectivity index (χ2n) is 5.50. The molecule has 1 aromatic carbocycles. The molecule has 0 radical (unpaired) electrons. The van der Waals surface area contributed by atoms with Gasteiger partial charge in [-0.05, 0) is 36.8 Å². The van der Waals surface area contributed by atoms with Crippen LogP contribution in [0.1, 0.15) is 22.5 Å². The Morgan fingerprint density at radius 3 is 2.77 bits per heavy atom. The Bertz CT molecular complexity index is 909. The SMILES string of the molecule is COC(=O)c1cccc(NC(=O)CCc2csc(-c3ccncc3)n2)c1. The minimum Gasteiger partial charge on any atom is -0.465 e. The van der Waals surface area contributed by atoms with Crippen LogP contribution in [0.3, 0.4) is 0 Å². The maximum absolute atomic E-state index is 12.2. The molecule has 2 aromatic heterocycles. The lowest BCUT2D eigenvalue weighted by molar-refractivity contribution is -0.116. The van der Waals surface area contributed by atoms with Crippen LogP contribution in [0.15, 0.2) is 54.2 Å². The van der Waals surface area contributed by atoms with Crippen molar-refractivity contribution in [2.24, 2.45) is 0 Å². The van der Waals surface area contributed by atoms with Crippen molar-refractivity contribution in [3.63, 3.8) is 0 Å². The van der Waals surface area contributed by atoms with Crippen molar-refractivity contribution >= 4 is 28.9 Å². The molecule has 1 N–H and O–H groups in total. The number of methoxy groups -OCH3 is 1. The first kappa shape index (κ1) is 17.8. The predicted molar refractivity (Wildman–Crippen MR) is 100 cm³/mol. The fourth-order valence-electron chi connectivity index (χ4n) is 2.36. The number of nitrogens with one attached hydrogen (secondary N) is 1. The summed E-state index contributed by atoms with van der Waals surface area (Å²) in [6.45, 7) is 0. The van der Waals surface area contributed by atoms with Gasteiger partial charge in [-0.2, -0.15) is 0 Å². The summed E-state index contributed by atoms with van der Waals surface area (Å²) in [7, 11) is 1.32. The number of aromatic nitrogens is 2. The number of amides is 1. The summed E-state index contributed by atoms with van der Waals surface area (Å²) in [5.41, 5.74) is 2.85. The summed E-state index contributed by atoms with van der Waals surface area (Å²) >= 11 is 1.54. The summed E-state index contributed by atoms with van der Waals surface area (Å²) in [6, 6.07) is 10.5. The van der Waals surface area contributed by atoms with Gasteiger partial charge >= 0.3 is 5.97 Å². The number of ether oxygens (including phenoxy) is 1. The Balaban J connectivity index is 1.56. The molecule has 3 aromatic rings. The van der Waals surface area contributed by atoms with Gasteiger partial charge in [0.15, 0.2) is 0 Å². The van der Waals surface area contributed by atoms with Crippen LogP contribution in [0.2, 0.25) is 0 Å². The van der Waals surface area contributed by atoms with Crippen LogP contribution in [0.5, 0.6) is 0 Å². The van der Waals surface area contributed by atoms with E-state index in [1.165, 1.54) is 7.11 Å². The van der Waals surface area contributed by atoms with E-state index in [9.17, 15) is 9.59 Å². The molecule has 132 valence electrons. The molecule has 0 unspecified atom stereocenters. The number of thiazole rings is 1. The molecule has 0 aliphatic rings. The number of aryl methyl sites for hydroxylation is 1. The number of carbonyl (C=O) groups excluding carboxylic acids is 2. The van der Waals surface area contributed by atoms with E-state index in [1.807, 2.05) is 17.5 Å². The number of hydrogen-bond acceptors (Lipinski definition) is 6. The lowest BCUT2D eigenvalue weighted by Crippen LogP contribution is -2.13.